The summed E-state index contributed by atoms with van der Waals surface area (Å²) in [6.07, 6.45) is 7.81. The minimum absolute atomic E-state index is 0. The molecular weight excluding hydrogens is 1150 g/mol. The van der Waals surface area contributed by atoms with E-state index in [1.807, 2.05) is 70.0 Å². The molecule has 0 spiro atoms. The molecule has 2 saturated heterocycles. The number of benzene rings is 3. The van der Waals surface area contributed by atoms with Gasteiger partial charge in [-0.3, -0.25) is 24.1 Å². The molecule has 26 heteroatoms. The number of aromatic nitrogens is 2. The number of aryl methyl sites for hydroxylation is 1. The van der Waals surface area contributed by atoms with Crippen molar-refractivity contribution in [1.29, 1.82) is 0 Å². The number of hydrogen-bond acceptors (Lipinski definition) is 17. The van der Waals surface area contributed by atoms with Crippen LogP contribution in [0, 0.1) is 6.92 Å². The summed E-state index contributed by atoms with van der Waals surface area (Å²) in [7, 11) is 8.33. The molecule has 2 fully saturated rings. The first-order valence-corrected chi connectivity index (χ1v) is 28.5. The molecule has 4 aromatic rings. The van der Waals surface area contributed by atoms with Crippen LogP contribution in [-0.4, -0.2) is 181 Å². The molecule has 2 aliphatic rings. The Bertz CT molecular complexity index is 2720. The third-order valence-electron chi connectivity index (χ3n) is 12.1. The van der Waals surface area contributed by atoms with Gasteiger partial charge in [-0.15, -0.1) is 0 Å². The van der Waals surface area contributed by atoms with Crippen molar-refractivity contribution in [2.24, 2.45) is 5.73 Å². The zero-order chi connectivity index (χ0) is 60.1. The molecule has 2 atom stereocenters. The number of rotatable bonds is 24. The number of nitrogens with one attached hydrogen (secondary N) is 5. The Hall–Kier alpha value is -6.08. The first-order chi connectivity index (χ1) is 38.5. The fraction of sp³-hybridized carbons (Fsp3) is 0.500. The van der Waals surface area contributed by atoms with E-state index in [-0.39, 0.29) is 69.0 Å². The number of amides is 5. The van der Waals surface area contributed by atoms with Gasteiger partial charge in [0.2, 0.25) is 40.1 Å². The van der Waals surface area contributed by atoms with E-state index in [0.29, 0.717) is 62.2 Å². The van der Waals surface area contributed by atoms with E-state index < -0.39 is 39.6 Å². The number of sulfonamides is 1. The molecule has 23 nitrogen and oxygen atoms in total. The number of carbonyl (C=O) groups is 6. The molecule has 3 heterocycles. The van der Waals surface area contributed by atoms with Crippen molar-refractivity contribution in [2.75, 3.05) is 96.1 Å². The number of likely N-dealkylation sites (tertiary alicyclic amines) is 2. The maximum absolute atomic E-state index is 12.8. The van der Waals surface area contributed by atoms with Crippen molar-refractivity contribution in [3.05, 3.63) is 90.1 Å². The summed E-state index contributed by atoms with van der Waals surface area (Å²) in [5, 5.41) is 11.0. The van der Waals surface area contributed by atoms with Gasteiger partial charge in [0.05, 0.1) is 23.5 Å². The Morgan fingerprint density at radius 2 is 1.57 bits per heavy atom. The van der Waals surface area contributed by atoms with Crippen molar-refractivity contribution in [3.63, 3.8) is 0 Å². The van der Waals surface area contributed by atoms with Gasteiger partial charge < -0.3 is 60.8 Å². The molecule has 2 unspecified atom stereocenters. The smallest absolute Gasteiger partial charge is 0.409 e. The summed E-state index contributed by atoms with van der Waals surface area (Å²) in [6.45, 7) is 17.3. The van der Waals surface area contributed by atoms with Gasteiger partial charge in [-0.2, -0.15) is 4.98 Å². The van der Waals surface area contributed by atoms with Crippen molar-refractivity contribution < 1.29 is 79.4 Å². The van der Waals surface area contributed by atoms with E-state index in [1.54, 1.807) is 69.8 Å². The fourth-order valence-corrected chi connectivity index (χ4v) is 9.38. The molecule has 0 aliphatic carbocycles. The van der Waals surface area contributed by atoms with E-state index >= 15 is 0 Å². The molecule has 82 heavy (non-hydrogen) atoms. The predicted octanol–water partition coefficient (Wildman–Crippen LogP) is 4.86. The number of carbonyl (C=O) groups excluding carboxylic acids is 6. The van der Waals surface area contributed by atoms with Gasteiger partial charge >= 0.3 is 6.09 Å². The topological polar surface area (TPSA) is 283 Å². The Morgan fingerprint density at radius 1 is 0.927 bits per heavy atom. The van der Waals surface area contributed by atoms with E-state index in [0.717, 1.165) is 41.8 Å². The van der Waals surface area contributed by atoms with Crippen LogP contribution in [0.25, 0.3) is 0 Å². The molecule has 445 valence electrons. The van der Waals surface area contributed by atoms with Crippen LogP contribution in [0.3, 0.4) is 0 Å². The Kier molecular flexibility index (Phi) is 32.7. The van der Waals surface area contributed by atoms with Crippen LogP contribution >= 0.6 is 0 Å². The van der Waals surface area contributed by atoms with E-state index in [4.69, 9.17) is 28.2 Å². The van der Waals surface area contributed by atoms with Crippen LogP contribution in [-0.2, 0) is 78.0 Å². The molecule has 3 aromatic carbocycles. The van der Waals surface area contributed by atoms with Gasteiger partial charge in [0, 0.05) is 121 Å². The van der Waals surface area contributed by atoms with Gasteiger partial charge in [0.15, 0.2) is 7.98 Å². The number of ether oxygens (including phenoxy) is 2. The van der Waals surface area contributed by atoms with Gasteiger partial charge in [-0.25, -0.2) is 22.9 Å². The first-order valence-electron chi connectivity index (χ1n) is 27.0. The zero-order valence-corrected chi connectivity index (χ0v) is 52.9. The fourth-order valence-electron chi connectivity index (χ4n) is 7.92. The van der Waals surface area contributed by atoms with Gasteiger partial charge in [-0.05, 0) is 134 Å². The number of hydrogen-bond donors (Lipinski definition) is 6. The summed E-state index contributed by atoms with van der Waals surface area (Å²) in [5.41, 5.74) is 8.31. The van der Waals surface area contributed by atoms with Crippen molar-refractivity contribution >= 4 is 83.3 Å². The SMILES string of the molecule is CCC.CNCC(=O)Nc1ccc(COC(=O)N(C)CCN(C)C=O)cc1.Cc1cnc(Nc2ccc(OCCN3CCCC3)cc2)nc1N(C)c1cccc(S(=O)(=O)NC(C)(C)C)c1.[B]NC(CC(N)=O)C(=O)N1CCCC1C=O.[Y]. The van der Waals surface area contributed by atoms with Crippen LogP contribution in [0.1, 0.15) is 84.3 Å². The molecule has 2 aliphatic heterocycles. The molecular formula is C56H84BN13O10SY. The second kappa shape index (κ2) is 37.2. The van der Waals surface area contributed by atoms with Crippen LogP contribution in [0.5, 0.6) is 5.75 Å². The Balaban J connectivity index is 0.000000446. The number of anilines is 5. The summed E-state index contributed by atoms with van der Waals surface area (Å²) in [6, 6.07) is 20.4. The van der Waals surface area contributed by atoms with Crippen molar-refractivity contribution in [2.45, 2.75) is 109 Å². The van der Waals surface area contributed by atoms with Crippen molar-refractivity contribution in [3.8, 4) is 5.75 Å². The van der Waals surface area contributed by atoms with Crippen molar-refractivity contribution in [1.82, 2.24) is 44.8 Å². The van der Waals surface area contributed by atoms with Crippen LogP contribution < -0.4 is 41.3 Å². The average molecular weight is 1230 g/mol. The second-order valence-corrected chi connectivity index (χ2v) is 22.2. The number of likely N-dealkylation sites (N-methyl/N-ethyl adjacent to an activating group) is 3. The largest absolute Gasteiger partial charge is 0.492 e. The van der Waals surface area contributed by atoms with E-state index in [2.05, 4.69) is 49.6 Å². The summed E-state index contributed by atoms with van der Waals surface area (Å²) in [5.74, 6) is 0.851. The minimum Gasteiger partial charge on any atom is -0.492 e. The molecule has 7 N–H and O–H groups in total. The maximum atomic E-state index is 12.8. The normalized spacial score (nSPS) is 14.1. The molecule has 1 aromatic heterocycles. The quantitative estimate of drug-likeness (QED) is 0.0404. The number of aldehydes is 1. The predicted molar refractivity (Wildman–Crippen MR) is 316 cm³/mol. The molecule has 0 bridgehead atoms. The average Bonchev–Trinajstić information content (AvgIpc) is 4.28. The molecule has 0 saturated carbocycles. The maximum Gasteiger partial charge on any atom is 0.409 e. The van der Waals surface area contributed by atoms with Crippen LogP contribution in [0.2, 0.25) is 0 Å². The zero-order valence-electron chi connectivity index (χ0n) is 49.3. The standard InChI is InChI=1S/C28H38N6O3S.C16H24N4O4.C9H14BN3O3.C3H8.Y/c1-21-20-29-27(30-22-11-13-24(14-12-22)37-18-17-34-15-6-7-16-34)31-26(21)33(5)23-9-8-10-25(19-23)38(35,36)32-28(2,3)4;1-17-10-15(22)18-14-6-4-13(5-7-14)11-24-16(23)20(3)9-8-19(2)12-21;10-12-7(4-8(11)15)9(16)13-3-1-2-6(13)5-14;1-3-2;/h8-14,19-20,32H,6-7,15-18H2,1-5H3,(H,29,30,31);4-7,12,17H,8-11H2,1-3H3,(H,18,22);5-7,12H,1-4H2,(H2,11,15);3H2,1-2H3;. The summed E-state index contributed by atoms with van der Waals surface area (Å²) in [4.78, 5) is 85.0. The second-order valence-electron chi connectivity index (χ2n) is 20.5. The Labute approximate surface area is 511 Å². The summed E-state index contributed by atoms with van der Waals surface area (Å²) < 4.78 is 39.5. The monoisotopic (exact) mass is 1230 g/mol. The molecule has 3 radical (unpaired) electrons. The van der Waals surface area contributed by atoms with Crippen LogP contribution in [0.4, 0.5) is 33.6 Å². The number of nitrogens with zero attached hydrogens (tertiary/aromatic N) is 7. The molecule has 6 rings (SSSR count). The van der Waals surface area contributed by atoms with E-state index in [9.17, 15) is 37.2 Å². The number of primary amides is 1. The summed E-state index contributed by atoms with van der Waals surface area (Å²) >= 11 is 0. The van der Waals surface area contributed by atoms with Gasteiger partial charge in [0.25, 0.3) is 0 Å². The Morgan fingerprint density at radius 3 is 2.16 bits per heavy atom. The first kappa shape index (κ1) is 72.0. The van der Waals surface area contributed by atoms with Gasteiger partial charge in [-0.1, -0.05) is 38.5 Å². The third-order valence-corrected chi connectivity index (χ3v) is 13.8. The van der Waals surface area contributed by atoms with Gasteiger partial charge in [0.1, 0.15) is 31.1 Å². The third kappa shape index (κ3) is 26.0. The van der Waals surface area contributed by atoms with Crippen LogP contribution in [0.15, 0.2) is 83.9 Å². The molecule has 5 amide bonds. The van der Waals surface area contributed by atoms with E-state index in [1.165, 1.54) is 47.1 Å². The minimum atomic E-state index is -3.66. The number of nitrogens with two attached hydrogens (primary N) is 1.